The summed E-state index contributed by atoms with van der Waals surface area (Å²) in [6.07, 6.45) is 1.05. The molecule has 1 aromatic carbocycles. The zero-order valence-corrected chi connectivity index (χ0v) is 12.3. The van der Waals surface area contributed by atoms with Crippen LogP contribution in [0.5, 0.6) is 11.5 Å². The van der Waals surface area contributed by atoms with Gasteiger partial charge in [0.25, 0.3) is 0 Å². The fraction of sp³-hybridized carbons (Fsp3) is 0.571. The molecule has 1 N–H and O–H groups in total. The number of ether oxygens (including phenoxy) is 3. The molecule has 0 aromatic heterocycles. The summed E-state index contributed by atoms with van der Waals surface area (Å²) in [6, 6.07) is 3.83. The van der Waals surface area contributed by atoms with Crippen LogP contribution in [0.15, 0.2) is 12.1 Å². The fourth-order valence-electron chi connectivity index (χ4n) is 2.57. The molecule has 0 saturated carbocycles. The summed E-state index contributed by atoms with van der Waals surface area (Å²) in [4.78, 5) is 0. The highest BCUT2D eigenvalue weighted by molar-refractivity contribution is 6.33. The van der Waals surface area contributed by atoms with E-state index >= 15 is 0 Å². The Bertz CT molecular complexity index is 439. The molecule has 1 aliphatic heterocycles. The normalized spacial score (nSPS) is 22.5. The molecule has 106 valence electrons. The van der Waals surface area contributed by atoms with Gasteiger partial charge in [-0.2, -0.15) is 0 Å². The van der Waals surface area contributed by atoms with Crippen molar-refractivity contribution in [1.82, 2.24) is 5.32 Å². The second-order valence-electron chi connectivity index (χ2n) is 4.60. The topological polar surface area (TPSA) is 39.7 Å². The van der Waals surface area contributed by atoms with E-state index in [1.165, 1.54) is 0 Å². The number of rotatable bonds is 5. The molecule has 4 nitrogen and oxygen atoms in total. The summed E-state index contributed by atoms with van der Waals surface area (Å²) in [5.41, 5.74) is 0.970. The highest BCUT2D eigenvalue weighted by atomic mass is 35.5. The summed E-state index contributed by atoms with van der Waals surface area (Å²) in [5, 5.41) is 3.78. The van der Waals surface area contributed by atoms with E-state index in [2.05, 4.69) is 5.32 Å². The Hall–Kier alpha value is -0.970. The van der Waals surface area contributed by atoms with E-state index in [-0.39, 0.29) is 6.10 Å². The molecule has 0 amide bonds. The van der Waals surface area contributed by atoms with Crippen LogP contribution in [0.2, 0.25) is 5.02 Å². The summed E-state index contributed by atoms with van der Waals surface area (Å²) in [6.45, 7) is 1.68. The molecule has 0 spiro atoms. The summed E-state index contributed by atoms with van der Waals surface area (Å²) < 4.78 is 16.4. The molecule has 1 saturated heterocycles. The van der Waals surface area contributed by atoms with E-state index in [0.29, 0.717) is 22.4 Å². The maximum Gasteiger partial charge on any atom is 0.179 e. The van der Waals surface area contributed by atoms with E-state index in [1.807, 2.05) is 19.2 Å². The third-order valence-corrected chi connectivity index (χ3v) is 3.89. The van der Waals surface area contributed by atoms with Crippen LogP contribution >= 0.6 is 11.6 Å². The number of hydrogen-bond acceptors (Lipinski definition) is 4. The lowest BCUT2D eigenvalue weighted by Gasteiger charge is -2.21. The molecule has 0 aliphatic carbocycles. The van der Waals surface area contributed by atoms with Crippen LogP contribution in [0.4, 0.5) is 0 Å². The van der Waals surface area contributed by atoms with Crippen molar-refractivity contribution in [3.63, 3.8) is 0 Å². The van der Waals surface area contributed by atoms with Gasteiger partial charge in [0.1, 0.15) is 0 Å². The SMILES string of the molecule is CNCC1CCOC1c1ccc(OC)c(OC)c1Cl. The number of hydrogen-bond donors (Lipinski definition) is 1. The van der Waals surface area contributed by atoms with Crippen LogP contribution in [0, 0.1) is 5.92 Å². The Kier molecular flexibility index (Phi) is 4.91. The molecule has 2 atom stereocenters. The second-order valence-corrected chi connectivity index (χ2v) is 4.98. The lowest BCUT2D eigenvalue weighted by Crippen LogP contribution is -2.21. The molecule has 19 heavy (non-hydrogen) atoms. The van der Waals surface area contributed by atoms with Crippen molar-refractivity contribution in [2.24, 2.45) is 5.92 Å². The van der Waals surface area contributed by atoms with E-state index in [1.54, 1.807) is 14.2 Å². The van der Waals surface area contributed by atoms with Crippen molar-refractivity contribution in [1.29, 1.82) is 0 Å². The van der Waals surface area contributed by atoms with Crippen LogP contribution in [-0.2, 0) is 4.74 Å². The Morgan fingerprint density at radius 3 is 2.79 bits per heavy atom. The van der Waals surface area contributed by atoms with Crippen LogP contribution in [-0.4, -0.2) is 34.4 Å². The predicted molar refractivity (Wildman–Crippen MR) is 75.3 cm³/mol. The minimum atomic E-state index is 0.0137. The zero-order chi connectivity index (χ0) is 13.8. The van der Waals surface area contributed by atoms with Gasteiger partial charge in [-0.1, -0.05) is 17.7 Å². The van der Waals surface area contributed by atoms with Crippen LogP contribution in [0.3, 0.4) is 0 Å². The number of benzene rings is 1. The molecule has 0 radical (unpaired) electrons. The Morgan fingerprint density at radius 2 is 2.16 bits per heavy atom. The molecule has 1 aliphatic rings. The Balaban J connectivity index is 2.34. The van der Waals surface area contributed by atoms with Gasteiger partial charge in [-0.25, -0.2) is 0 Å². The van der Waals surface area contributed by atoms with Crippen molar-refractivity contribution in [2.75, 3.05) is 34.4 Å². The minimum Gasteiger partial charge on any atom is -0.493 e. The monoisotopic (exact) mass is 285 g/mol. The van der Waals surface area contributed by atoms with Gasteiger partial charge in [0.05, 0.1) is 25.3 Å². The standard InChI is InChI=1S/C14H20ClNO3/c1-16-8-9-6-7-19-13(9)10-4-5-11(17-2)14(18-3)12(10)15/h4-5,9,13,16H,6-8H2,1-3H3. The molecular formula is C14H20ClNO3. The summed E-state index contributed by atoms with van der Waals surface area (Å²) >= 11 is 6.43. The average Bonchev–Trinajstić information content (AvgIpc) is 2.86. The Morgan fingerprint density at radius 1 is 1.37 bits per heavy atom. The van der Waals surface area contributed by atoms with Crippen molar-refractivity contribution in [3.8, 4) is 11.5 Å². The first kappa shape index (κ1) is 14.4. The van der Waals surface area contributed by atoms with Gasteiger partial charge in [-0.3, -0.25) is 0 Å². The molecule has 1 heterocycles. The maximum absolute atomic E-state index is 6.43. The predicted octanol–water partition coefficient (Wildman–Crippen LogP) is 2.65. The third-order valence-electron chi connectivity index (χ3n) is 3.50. The van der Waals surface area contributed by atoms with Crippen LogP contribution < -0.4 is 14.8 Å². The highest BCUT2D eigenvalue weighted by Gasteiger charge is 2.32. The van der Waals surface area contributed by atoms with E-state index in [9.17, 15) is 0 Å². The van der Waals surface area contributed by atoms with Crippen molar-refractivity contribution < 1.29 is 14.2 Å². The lowest BCUT2D eigenvalue weighted by molar-refractivity contribution is 0.0908. The fourth-order valence-corrected chi connectivity index (χ4v) is 2.91. The van der Waals surface area contributed by atoms with Gasteiger partial charge < -0.3 is 19.5 Å². The molecule has 2 rings (SSSR count). The van der Waals surface area contributed by atoms with Crippen molar-refractivity contribution in [2.45, 2.75) is 12.5 Å². The van der Waals surface area contributed by atoms with Gasteiger partial charge >= 0.3 is 0 Å². The molecule has 2 unspecified atom stereocenters. The average molecular weight is 286 g/mol. The summed E-state index contributed by atoms with van der Waals surface area (Å²) in [5.74, 6) is 1.64. The first-order valence-electron chi connectivity index (χ1n) is 6.39. The third kappa shape index (κ3) is 2.81. The minimum absolute atomic E-state index is 0.0137. The molecule has 5 heteroatoms. The van der Waals surface area contributed by atoms with Crippen LogP contribution in [0.25, 0.3) is 0 Å². The van der Waals surface area contributed by atoms with E-state index in [0.717, 1.165) is 25.1 Å². The number of methoxy groups -OCH3 is 2. The number of nitrogens with one attached hydrogen (secondary N) is 1. The number of halogens is 1. The van der Waals surface area contributed by atoms with E-state index < -0.39 is 0 Å². The first-order valence-corrected chi connectivity index (χ1v) is 6.77. The largest absolute Gasteiger partial charge is 0.493 e. The molecule has 1 aromatic rings. The zero-order valence-electron chi connectivity index (χ0n) is 11.5. The highest BCUT2D eigenvalue weighted by Crippen LogP contribution is 2.44. The van der Waals surface area contributed by atoms with Gasteiger partial charge in [0.2, 0.25) is 0 Å². The van der Waals surface area contributed by atoms with Crippen molar-refractivity contribution in [3.05, 3.63) is 22.7 Å². The van der Waals surface area contributed by atoms with Gasteiger partial charge in [-0.05, 0) is 19.5 Å². The summed E-state index contributed by atoms with van der Waals surface area (Å²) in [7, 11) is 5.14. The maximum atomic E-state index is 6.43. The lowest BCUT2D eigenvalue weighted by atomic mass is 9.95. The van der Waals surface area contributed by atoms with Gasteiger partial charge in [0, 0.05) is 24.6 Å². The van der Waals surface area contributed by atoms with Gasteiger partial charge in [0.15, 0.2) is 11.5 Å². The quantitative estimate of drug-likeness (QED) is 0.903. The smallest absolute Gasteiger partial charge is 0.179 e. The van der Waals surface area contributed by atoms with Gasteiger partial charge in [-0.15, -0.1) is 0 Å². The molecule has 0 bridgehead atoms. The van der Waals surface area contributed by atoms with E-state index in [4.69, 9.17) is 25.8 Å². The Labute approximate surface area is 119 Å². The first-order chi connectivity index (χ1) is 9.22. The second kappa shape index (κ2) is 6.46. The van der Waals surface area contributed by atoms with Crippen LogP contribution in [0.1, 0.15) is 18.1 Å². The molecular weight excluding hydrogens is 266 g/mol. The molecule has 1 fully saturated rings. The van der Waals surface area contributed by atoms with Crippen molar-refractivity contribution >= 4 is 11.6 Å².